The van der Waals surface area contributed by atoms with E-state index in [1.807, 2.05) is 24.3 Å². The molecule has 0 bridgehead atoms. The molecule has 106 valence electrons. The number of aromatic nitrogens is 3. The predicted molar refractivity (Wildman–Crippen MR) is 82.1 cm³/mol. The number of hydrogen-bond acceptors (Lipinski definition) is 6. The Bertz CT molecular complexity index is 775. The molecule has 0 aliphatic heterocycles. The van der Waals surface area contributed by atoms with E-state index in [1.165, 1.54) is 6.33 Å². The van der Waals surface area contributed by atoms with Crippen molar-refractivity contribution in [2.45, 2.75) is 6.54 Å². The molecule has 0 saturated heterocycles. The lowest BCUT2D eigenvalue weighted by molar-refractivity contribution is 0.414. The molecule has 0 amide bonds. The lowest BCUT2D eigenvalue weighted by Crippen LogP contribution is -2.03. The van der Waals surface area contributed by atoms with Crippen molar-refractivity contribution in [1.29, 1.82) is 0 Å². The first-order chi connectivity index (χ1) is 10.3. The van der Waals surface area contributed by atoms with Gasteiger partial charge in [-0.25, -0.2) is 15.0 Å². The molecule has 3 rings (SSSR count). The molecule has 0 atom stereocenters. The van der Waals surface area contributed by atoms with Crippen LogP contribution in [0.5, 0.6) is 5.75 Å². The summed E-state index contributed by atoms with van der Waals surface area (Å²) in [4.78, 5) is 12.5. The number of benzene rings is 1. The molecule has 0 fully saturated rings. The maximum atomic E-state index is 5.67. The van der Waals surface area contributed by atoms with Gasteiger partial charge in [-0.15, -0.1) is 0 Å². The molecule has 6 nitrogen and oxygen atoms in total. The summed E-state index contributed by atoms with van der Waals surface area (Å²) in [5.74, 6) is 2.01. The molecule has 0 saturated carbocycles. The normalized spacial score (nSPS) is 10.5. The summed E-state index contributed by atoms with van der Waals surface area (Å²) in [6.07, 6.45) is 3.19. The van der Waals surface area contributed by atoms with E-state index in [0.717, 1.165) is 28.0 Å². The number of nitrogens with two attached hydrogens (primary N) is 1. The fraction of sp³-hybridized carbons (Fsp3) is 0.133. The second kappa shape index (κ2) is 5.62. The Morgan fingerprint density at radius 1 is 1.19 bits per heavy atom. The average Bonchev–Trinajstić information content (AvgIpc) is 2.52. The predicted octanol–water partition coefficient (Wildman–Crippen LogP) is 2.23. The number of fused-ring (bicyclic) bond motifs is 1. The van der Waals surface area contributed by atoms with Gasteiger partial charge < -0.3 is 15.8 Å². The number of nitrogens with one attached hydrogen (secondary N) is 1. The number of nitrogens with zero attached hydrogens (tertiary/aromatic N) is 3. The van der Waals surface area contributed by atoms with Crippen molar-refractivity contribution in [3.8, 4) is 5.75 Å². The van der Waals surface area contributed by atoms with Gasteiger partial charge >= 0.3 is 0 Å². The molecule has 0 spiro atoms. The van der Waals surface area contributed by atoms with Crippen LogP contribution in [0.4, 0.5) is 11.6 Å². The van der Waals surface area contributed by atoms with Crippen LogP contribution in [0, 0.1) is 0 Å². The van der Waals surface area contributed by atoms with E-state index < -0.39 is 0 Å². The summed E-state index contributed by atoms with van der Waals surface area (Å²) in [6, 6.07) is 9.60. The number of methoxy groups -OCH3 is 1. The van der Waals surface area contributed by atoms with E-state index in [-0.39, 0.29) is 0 Å². The minimum Gasteiger partial charge on any atom is -0.497 e. The van der Waals surface area contributed by atoms with Crippen molar-refractivity contribution in [2.75, 3.05) is 18.2 Å². The van der Waals surface area contributed by atoms with Crippen molar-refractivity contribution in [3.63, 3.8) is 0 Å². The molecule has 6 heteroatoms. The first-order valence-electron chi connectivity index (χ1n) is 6.49. The summed E-state index contributed by atoms with van der Waals surface area (Å²) in [7, 11) is 1.65. The van der Waals surface area contributed by atoms with Gasteiger partial charge in [-0.3, -0.25) is 0 Å². The van der Waals surface area contributed by atoms with Gasteiger partial charge in [-0.2, -0.15) is 0 Å². The summed E-state index contributed by atoms with van der Waals surface area (Å²) < 4.78 is 5.21. The molecule has 3 aromatic rings. The molecule has 1 aromatic carbocycles. The molecule has 0 aliphatic rings. The second-order valence-corrected chi connectivity index (χ2v) is 4.55. The molecular weight excluding hydrogens is 266 g/mol. The van der Waals surface area contributed by atoms with E-state index >= 15 is 0 Å². The van der Waals surface area contributed by atoms with Crippen LogP contribution in [0.2, 0.25) is 0 Å². The summed E-state index contributed by atoms with van der Waals surface area (Å²) in [5.41, 5.74) is 7.54. The highest BCUT2D eigenvalue weighted by Crippen LogP contribution is 2.20. The zero-order valence-electron chi connectivity index (χ0n) is 11.6. The number of rotatable bonds is 4. The van der Waals surface area contributed by atoms with Gasteiger partial charge in [-0.1, -0.05) is 12.1 Å². The Kier molecular flexibility index (Phi) is 3.51. The molecule has 21 heavy (non-hydrogen) atoms. The first-order valence-corrected chi connectivity index (χ1v) is 6.49. The lowest BCUT2D eigenvalue weighted by Gasteiger charge is -2.09. The van der Waals surface area contributed by atoms with E-state index in [9.17, 15) is 0 Å². The standard InChI is InChI=1S/C15H15N5O/c1-21-11-4-2-3-10(5-11)7-18-15-12-8-17-14(16)6-13(12)19-9-20-15/h2-6,8-9H,7H2,1H3,(H2,16,17)(H,18,19,20). The largest absolute Gasteiger partial charge is 0.497 e. The Labute approximate surface area is 122 Å². The highest BCUT2D eigenvalue weighted by molar-refractivity contribution is 5.89. The highest BCUT2D eigenvalue weighted by atomic mass is 16.5. The van der Waals surface area contributed by atoms with Crippen molar-refractivity contribution in [3.05, 3.63) is 48.4 Å². The lowest BCUT2D eigenvalue weighted by atomic mass is 10.2. The fourth-order valence-corrected chi connectivity index (χ4v) is 2.08. The molecule has 2 heterocycles. The molecular formula is C15H15N5O. The number of pyridine rings is 1. The van der Waals surface area contributed by atoms with Crippen LogP contribution in [-0.2, 0) is 6.54 Å². The van der Waals surface area contributed by atoms with Crippen LogP contribution in [-0.4, -0.2) is 22.1 Å². The number of ether oxygens (including phenoxy) is 1. The zero-order valence-corrected chi connectivity index (χ0v) is 11.6. The average molecular weight is 281 g/mol. The zero-order chi connectivity index (χ0) is 14.7. The highest BCUT2D eigenvalue weighted by Gasteiger charge is 2.05. The SMILES string of the molecule is COc1cccc(CNc2ncnc3cc(N)ncc23)c1. The van der Waals surface area contributed by atoms with Crippen molar-refractivity contribution in [1.82, 2.24) is 15.0 Å². The van der Waals surface area contributed by atoms with E-state index in [2.05, 4.69) is 20.3 Å². The number of hydrogen-bond donors (Lipinski definition) is 2. The van der Waals surface area contributed by atoms with Gasteiger partial charge in [0, 0.05) is 18.8 Å². The van der Waals surface area contributed by atoms with Gasteiger partial charge in [0.2, 0.25) is 0 Å². The second-order valence-electron chi connectivity index (χ2n) is 4.55. The number of nitrogen functional groups attached to an aromatic ring is 1. The van der Waals surface area contributed by atoms with Crippen molar-refractivity contribution in [2.24, 2.45) is 0 Å². The third-order valence-electron chi connectivity index (χ3n) is 3.14. The molecule has 0 radical (unpaired) electrons. The third-order valence-corrected chi connectivity index (χ3v) is 3.14. The van der Waals surface area contributed by atoms with Gasteiger partial charge in [0.1, 0.15) is 23.7 Å². The van der Waals surface area contributed by atoms with E-state index in [0.29, 0.717) is 12.4 Å². The maximum Gasteiger partial charge on any atom is 0.139 e. The Hall–Kier alpha value is -2.89. The monoisotopic (exact) mass is 281 g/mol. The summed E-state index contributed by atoms with van der Waals surface area (Å²) >= 11 is 0. The van der Waals surface area contributed by atoms with Crippen LogP contribution in [0.1, 0.15) is 5.56 Å². The maximum absolute atomic E-state index is 5.67. The quantitative estimate of drug-likeness (QED) is 0.762. The summed E-state index contributed by atoms with van der Waals surface area (Å²) in [6.45, 7) is 0.633. The smallest absolute Gasteiger partial charge is 0.139 e. The summed E-state index contributed by atoms with van der Waals surface area (Å²) in [5, 5.41) is 4.13. The van der Waals surface area contributed by atoms with Crippen molar-refractivity contribution < 1.29 is 4.74 Å². The Morgan fingerprint density at radius 3 is 2.95 bits per heavy atom. The minimum atomic E-state index is 0.444. The van der Waals surface area contributed by atoms with E-state index in [1.54, 1.807) is 19.4 Å². The fourth-order valence-electron chi connectivity index (χ4n) is 2.08. The van der Waals surface area contributed by atoms with Crippen molar-refractivity contribution >= 4 is 22.5 Å². The molecule has 2 aromatic heterocycles. The Morgan fingerprint density at radius 2 is 2.10 bits per heavy atom. The van der Waals surface area contributed by atoms with Gasteiger partial charge in [-0.05, 0) is 17.7 Å². The van der Waals surface area contributed by atoms with Gasteiger partial charge in [0.05, 0.1) is 18.0 Å². The topological polar surface area (TPSA) is 86.0 Å². The van der Waals surface area contributed by atoms with Crippen LogP contribution < -0.4 is 15.8 Å². The molecule has 0 aliphatic carbocycles. The molecule has 0 unspecified atom stereocenters. The third kappa shape index (κ3) is 2.84. The minimum absolute atomic E-state index is 0.444. The van der Waals surface area contributed by atoms with E-state index in [4.69, 9.17) is 10.5 Å². The van der Waals surface area contributed by atoms with Gasteiger partial charge in [0.25, 0.3) is 0 Å². The number of anilines is 2. The van der Waals surface area contributed by atoms with Crippen LogP contribution in [0.25, 0.3) is 10.9 Å². The van der Waals surface area contributed by atoms with Crippen LogP contribution >= 0.6 is 0 Å². The first kappa shape index (κ1) is 13.1. The Balaban J connectivity index is 1.84. The van der Waals surface area contributed by atoms with Crippen LogP contribution in [0.3, 0.4) is 0 Å². The molecule has 3 N–H and O–H groups in total. The van der Waals surface area contributed by atoms with Crippen LogP contribution in [0.15, 0.2) is 42.9 Å². The van der Waals surface area contributed by atoms with Gasteiger partial charge in [0.15, 0.2) is 0 Å².